The van der Waals surface area contributed by atoms with Crippen molar-refractivity contribution in [3.63, 3.8) is 0 Å². The van der Waals surface area contributed by atoms with Crippen molar-refractivity contribution in [2.75, 3.05) is 45.9 Å². The zero-order chi connectivity index (χ0) is 18.2. The van der Waals surface area contributed by atoms with Crippen molar-refractivity contribution >= 4 is 35.3 Å². The quantitative estimate of drug-likeness (QED) is 0.694. The predicted octanol–water partition coefficient (Wildman–Crippen LogP) is 2.38. The van der Waals surface area contributed by atoms with Crippen LogP contribution in [0.1, 0.15) is 15.5 Å². The van der Waals surface area contributed by atoms with Crippen molar-refractivity contribution in [2.24, 2.45) is 5.73 Å². The number of hydrogen-bond donors (Lipinski definition) is 1. The van der Waals surface area contributed by atoms with E-state index in [4.69, 9.17) is 19.9 Å². The smallest absolute Gasteiger partial charge is 0.277 e. The number of anilines is 1. The number of carbonyl (C=O) groups excluding carboxylic acids is 1. The molecule has 0 spiro atoms. The van der Waals surface area contributed by atoms with Crippen LogP contribution in [-0.2, 0) is 11.2 Å². The molecule has 2 N–H and O–H groups in total. The lowest BCUT2D eigenvalue weighted by Crippen LogP contribution is -2.34. The molecule has 0 aliphatic heterocycles. The first kappa shape index (κ1) is 22.2. The van der Waals surface area contributed by atoms with Crippen LogP contribution in [0.4, 0.5) is 5.69 Å². The molecule has 0 radical (unpaired) electrons. The van der Waals surface area contributed by atoms with E-state index in [1.807, 2.05) is 6.07 Å². The van der Waals surface area contributed by atoms with Gasteiger partial charge >= 0.3 is 0 Å². The van der Waals surface area contributed by atoms with Gasteiger partial charge in [-0.25, -0.2) is 4.98 Å². The molecule has 1 aromatic carbocycles. The van der Waals surface area contributed by atoms with Crippen LogP contribution in [0.3, 0.4) is 0 Å². The van der Waals surface area contributed by atoms with Crippen LogP contribution in [0.5, 0.6) is 11.5 Å². The highest BCUT2D eigenvalue weighted by molar-refractivity contribution is 7.09. The minimum atomic E-state index is -0.191. The van der Waals surface area contributed by atoms with Gasteiger partial charge in [-0.15, -0.1) is 23.7 Å². The molecule has 7 nitrogen and oxygen atoms in total. The van der Waals surface area contributed by atoms with Gasteiger partial charge in [0.25, 0.3) is 5.91 Å². The number of aromatic nitrogens is 1. The zero-order valence-corrected chi connectivity index (χ0v) is 16.7. The molecule has 0 atom stereocenters. The van der Waals surface area contributed by atoms with Crippen molar-refractivity contribution in [1.82, 2.24) is 4.98 Å². The number of amides is 1. The fraction of sp³-hybridized carbons (Fsp3) is 0.412. The van der Waals surface area contributed by atoms with E-state index in [9.17, 15) is 4.79 Å². The summed E-state index contributed by atoms with van der Waals surface area (Å²) in [5.41, 5.74) is 6.64. The number of carbonyl (C=O) groups is 1. The van der Waals surface area contributed by atoms with Gasteiger partial charge in [-0.3, -0.25) is 4.79 Å². The summed E-state index contributed by atoms with van der Waals surface area (Å²) in [6.45, 7) is 1.30. The Morgan fingerprint density at radius 1 is 1.23 bits per heavy atom. The van der Waals surface area contributed by atoms with Gasteiger partial charge in [-0.1, -0.05) is 0 Å². The lowest BCUT2D eigenvalue weighted by Gasteiger charge is -2.22. The molecule has 1 heterocycles. The number of thiazole rings is 1. The van der Waals surface area contributed by atoms with Gasteiger partial charge in [-0.2, -0.15) is 0 Å². The molecular formula is C17H24ClN3O4S. The predicted molar refractivity (Wildman–Crippen MR) is 105 cm³/mol. The van der Waals surface area contributed by atoms with Crippen LogP contribution >= 0.6 is 23.7 Å². The third-order valence-electron chi connectivity index (χ3n) is 3.57. The van der Waals surface area contributed by atoms with Crippen molar-refractivity contribution < 1.29 is 19.0 Å². The maximum Gasteiger partial charge on any atom is 0.277 e. The van der Waals surface area contributed by atoms with E-state index in [-0.39, 0.29) is 18.3 Å². The van der Waals surface area contributed by atoms with E-state index in [2.05, 4.69) is 4.98 Å². The second-order valence-corrected chi connectivity index (χ2v) is 6.10. The third kappa shape index (κ3) is 5.31. The summed E-state index contributed by atoms with van der Waals surface area (Å²) in [6, 6.07) is 5.34. The molecule has 2 rings (SSSR count). The Balaban J connectivity index is 0.00000338. The normalized spacial score (nSPS) is 10.2. The Kier molecular flexibility index (Phi) is 9.36. The van der Waals surface area contributed by atoms with Crippen LogP contribution in [0, 0.1) is 0 Å². The van der Waals surface area contributed by atoms with E-state index < -0.39 is 0 Å². The van der Waals surface area contributed by atoms with E-state index in [0.29, 0.717) is 49.0 Å². The maximum absolute atomic E-state index is 12.9. The van der Waals surface area contributed by atoms with Crippen LogP contribution in [0.2, 0.25) is 0 Å². The standard InChI is InChI=1S/C17H23N3O4S.ClH/c1-22-9-8-20(12-4-5-14(23-2)15(10-12)24-3)17(21)13-11-25-16(19-13)6-7-18;/h4-5,10-11H,6-9,18H2,1-3H3;1H. The second-order valence-electron chi connectivity index (χ2n) is 5.15. The molecule has 0 unspecified atom stereocenters. The Morgan fingerprint density at radius 3 is 2.58 bits per heavy atom. The Morgan fingerprint density at radius 2 is 1.96 bits per heavy atom. The van der Waals surface area contributed by atoms with Crippen LogP contribution in [-0.4, -0.2) is 51.9 Å². The number of nitrogens with zero attached hydrogens (tertiary/aromatic N) is 2. The summed E-state index contributed by atoms with van der Waals surface area (Å²) in [6.07, 6.45) is 0.659. The first-order valence-corrected chi connectivity index (χ1v) is 8.69. The van der Waals surface area contributed by atoms with Gasteiger partial charge in [-0.05, 0) is 18.7 Å². The number of benzene rings is 1. The van der Waals surface area contributed by atoms with E-state index in [1.165, 1.54) is 11.3 Å². The lowest BCUT2D eigenvalue weighted by molar-refractivity contribution is 0.0971. The fourth-order valence-corrected chi connectivity index (χ4v) is 3.10. The largest absolute Gasteiger partial charge is 0.493 e. The van der Waals surface area contributed by atoms with Crippen molar-refractivity contribution in [2.45, 2.75) is 6.42 Å². The highest BCUT2D eigenvalue weighted by atomic mass is 35.5. The lowest BCUT2D eigenvalue weighted by atomic mass is 10.2. The number of hydrogen-bond acceptors (Lipinski definition) is 7. The summed E-state index contributed by atoms with van der Waals surface area (Å²) in [4.78, 5) is 18.9. The van der Waals surface area contributed by atoms with Crippen LogP contribution in [0.25, 0.3) is 0 Å². The summed E-state index contributed by atoms with van der Waals surface area (Å²) in [7, 11) is 4.72. The highest BCUT2D eigenvalue weighted by Crippen LogP contribution is 2.32. The third-order valence-corrected chi connectivity index (χ3v) is 4.48. The average Bonchev–Trinajstić information content (AvgIpc) is 3.10. The van der Waals surface area contributed by atoms with Gasteiger partial charge < -0.3 is 24.8 Å². The van der Waals surface area contributed by atoms with Crippen molar-refractivity contribution in [3.05, 3.63) is 34.3 Å². The number of rotatable bonds is 9. The molecule has 0 saturated heterocycles. The van der Waals surface area contributed by atoms with Gasteiger partial charge in [0.05, 0.1) is 25.8 Å². The SMILES string of the molecule is COCCN(C(=O)c1csc(CCN)n1)c1ccc(OC)c(OC)c1.Cl. The molecule has 0 aliphatic carbocycles. The van der Waals surface area contributed by atoms with Crippen LogP contribution in [0.15, 0.2) is 23.6 Å². The number of nitrogens with two attached hydrogens (primary N) is 1. The molecule has 1 aromatic heterocycles. The van der Waals surface area contributed by atoms with Gasteiger partial charge in [0.15, 0.2) is 11.5 Å². The van der Waals surface area contributed by atoms with Crippen molar-refractivity contribution in [1.29, 1.82) is 0 Å². The Hall–Kier alpha value is -1.87. The molecular weight excluding hydrogens is 378 g/mol. The second kappa shape index (κ2) is 11.0. The van der Waals surface area contributed by atoms with Gasteiger partial charge in [0, 0.05) is 37.2 Å². The van der Waals surface area contributed by atoms with E-state index in [1.54, 1.807) is 43.7 Å². The molecule has 26 heavy (non-hydrogen) atoms. The molecule has 0 aliphatic rings. The Labute approximate surface area is 163 Å². The monoisotopic (exact) mass is 401 g/mol. The summed E-state index contributed by atoms with van der Waals surface area (Å²) >= 11 is 1.44. The molecule has 0 saturated carbocycles. The van der Waals surface area contributed by atoms with Crippen LogP contribution < -0.4 is 20.1 Å². The zero-order valence-electron chi connectivity index (χ0n) is 15.1. The summed E-state index contributed by atoms with van der Waals surface area (Å²) in [5.74, 6) is 0.963. The average molecular weight is 402 g/mol. The van der Waals surface area contributed by atoms with Crippen molar-refractivity contribution in [3.8, 4) is 11.5 Å². The number of methoxy groups -OCH3 is 3. The minimum absolute atomic E-state index is 0. The van der Waals surface area contributed by atoms with Gasteiger partial charge in [0.2, 0.25) is 0 Å². The maximum atomic E-state index is 12.9. The summed E-state index contributed by atoms with van der Waals surface area (Å²) < 4.78 is 15.7. The molecule has 144 valence electrons. The topological polar surface area (TPSA) is 86.9 Å². The Bertz CT molecular complexity index is 711. The first-order chi connectivity index (χ1) is 12.1. The fourth-order valence-electron chi connectivity index (χ4n) is 2.31. The minimum Gasteiger partial charge on any atom is -0.493 e. The van der Waals surface area contributed by atoms with E-state index in [0.717, 1.165) is 5.01 Å². The molecule has 2 aromatic rings. The molecule has 0 bridgehead atoms. The highest BCUT2D eigenvalue weighted by Gasteiger charge is 2.21. The molecule has 9 heteroatoms. The molecule has 1 amide bonds. The van der Waals surface area contributed by atoms with Gasteiger partial charge in [0.1, 0.15) is 5.69 Å². The van der Waals surface area contributed by atoms with E-state index >= 15 is 0 Å². The first-order valence-electron chi connectivity index (χ1n) is 7.81. The number of ether oxygens (including phenoxy) is 3. The molecule has 0 fully saturated rings. The number of halogens is 1. The summed E-state index contributed by atoms with van der Waals surface area (Å²) in [5, 5.41) is 2.61.